The molecule has 0 saturated heterocycles. The average Bonchev–Trinajstić information content (AvgIpc) is 2.44. The number of carbonyl (C=O) groups is 1. The molecule has 0 radical (unpaired) electrons. The minimum Gasteiger partial charge on any atom is -0.488 e. The summed E-state index contributed by atoms with van der Waals surface area (Å²) in [5, 5.41) is 0. The van der Waals surface area contributed by atoms with Crippen molar-refractivity contribution in [2.45, 2.75) is 58.7 Å². The third-order valence-electron chi connectivity index (χ3n) is 3.48. The molecule has 0 unspecified atom stereocenters. The van der Waals surface area contributed by atoms with E-state index in [1.54, 1.807) is 0 Å². The molecule has 0 saturated carbocycles. The van der Waals surface area contributed by atoms with Crippen LogP contribution in [0.4, 0.5) is 0 Å². The molecule has 0 N–H and O–H groups in total. The van der Waals surface area contributed by atoms with E-state index in [0.717, 1.165) is 23.3 Å². The lowest BCUT2D eigenvalue weighted by molar-refractivity contribution is -0.154. The molecule has 0 heterocycles. The Balaban J connectivity index is 2.75. The maximum absolute atomic E-state index is 11.4. The Hall–Kier alpha value is -2.03. The van der Waals surface area contributed by atoms with Crippen LogP contribution < -0.4 is 4.74 Å². The number of hydrogen-bond acceptors (Lipinski definition) is 3. The van der Waals surface area contributed by atoms with Crippen molar-refractivity contribution >= 4 is 11.5 Å². The zero-order valence-corrected chi connectivity index (χ0v) is 14.9. The van der Waals surface area contributed by atoms with Gasteiger partial charge >= 0.3 is 5.97 Å². The molecule has 0 spiro atoms. The van der Waals surface area contributed by atoms with E-state index in [1.165, 1.54) is 6.08 Å². The highest BCUT2D eigenvalue weighted by molar-refractivity contribution is 5.81. The summed E-state index contributed by atoms with van der Waals surface area (Å²) in [6, 6.07) is 7.92. The van der Waals surface area contributed by atoms with Crippen molar-refractivity contribution in [3.05, 3.63) is 49.1 Å². The minimum atomic E-state index is -0.634. The third-order valence-corrected chi connectivity index (χ3v) is 3.48. The highest BCUT2D eigenvalue weighted by Crippen LogP contribution is 2.29. The number of esters is 1. The molecule has 0 amide bonds. The monoisotopic (exact) mass is 316 g/mol. The molecule has 23 heavy (non-hydrogen) atoms. The highest BCUT2D eigenvalue weighted by atomic mass is 16.6. The Morgan fingerprint density at radius 2 is 1.70 bits per heavy atom. The van der Waals surface area contributed by atoms with Crippen LogP contribution in [0.2, 0.25) is 0 Å². The van der Waals surface area contributed by atoms with Crippen molar-refractivity contribution in [2.75, 3.05) is 0 Å². The average molecular weight is 316 g/mol. The number of rotatable bonds is 8. The molecule has 1 aromatic rings. The smallest absolute Gasteiger partial charge is 0.330 e. The van der Waals surface area contributed by atoms with E-state index in [1.807, 2.05) is 52.0 Å². The van der Waals surface area contributed by atoms with Crippen LogP contribution in [0.1, 0.15) is 53.0 Å². The van der Waals surface area contributed by atoms with Gasteiger partial charge in [0, 0.05) is 12.5 Å². The van der Waals surface area contributed by atoms with E-state index >= 15 is 0 Å². The first-order valence-corrected chi connectivity index (χ1v) is 7.91. The van der Waals surface area contributed by atoms with Crippen molar-refractivity contribution in [3.63, 3.8) is 0 Å². The van der Waals surface area contributed by atoms with Crippen molar-refractivity contribution in [2.24, 2.45) is 0 Å². The SMILES string of the molecule is C=CC(=O)OC(C)(C)CC(C)(C)Oc1ccc(C(=C)CC)cc1. The second kappa shape index (κ2) is 7.49. The molecule has 0 aliphatic heterocycles. The highest BCUT2D eigenvalue weighted by Gasteiger charge is 2.33. The number of allylic oxidation sites excluding steroid dienone is 1. The van der Waals surface area contributed by atoms with E-state index in [9.17, 15) is 4.79 Å². The summed E-state index contributed by atoms with van der Waals surface area (Å²) in [7, 11) is 0. The van der Waals surface area contributed by atoms with Crippen molar-refractivity contribution in [3.8, 4) is 5.75 Å². The second-order valence-electron chi connectivity index (χ2n) is 6.90. The van der Waals surface area contributed by atoms with Crippen molar-refractivity contribution in [1.29, 1.82) is 0 Å². The summed E-state index contributed by atoms with van der Waals surface area (Å²) in [6.07, 6.45) is 2.66. The number of hydrogen-bond donors (Lipinski definition) is 0. The van der Waals surface area contributed by atoms with Crippen LogP contribution in [-0.2, 0) is 9.53 Å². The molecule has 3 nitrogen and oxygen atoms in total. The predicted molar refractivity (Wildman–Crippen MR) is 95.5 cm³/mol. The van der Waals surface area contributed by atoms with Crippen LogP contribution >= 0.6 is 0 Å². The lowest BCUT2D eigenvalue weighted by atomic mass is 9.92. The maximum atomic E-state index is 11.4. The first-order chi connectivity index (χ1) is 10.6. The number of ether oxygens (including phenoxy) is 2. The lowest BCUT2D eigenvalue weighted by Crippen LogP contribution is -2.40. The summed E-state index contributed by atoms with van der Waals surface area (Å²) in [5.74, 6) is 0.363. The quantitative estimate of drug-likeness (QED) is 0.490. The number of carbonyl (C=O) groups excluding carboxylic acids is 1. The van der Waals surface area contributed by atoms with Gasteiger partial charge in [0.05, 0.1) is 0 Å². The van der Waals surface area contributed by atoms with Gasteiger partial charge in [0.2, 0.25) is 0 Å². The Morgan fingerprint density at radius 1 is 1.13 bits per heavy atom. The Bertz CT molecular complexity index is 565. The third kappa shape index (κ3) is 6.31. The van der Waals surface area contributed by atoms with Crippen LogP contribution in [-0.4, -0.2) is 17.2 Å². The lowest BCUT2D eigenvalue weighted by Gasteiger charge is -2.34. The molecule has 126 valence electrons. The van der Waals surface area contributed by atoms with E-state index in [-0.39, 0.29) is 0 Å². The van der Waals surface area contributed by atoms with Crippen LogP contribution in [0.3, 0.4) is 0 Å². The summed E-state index contributed by atoms with van der Waals surface area (Å²) >= 11 is 0. The Morgan fingerprint density at radius 3 is 2.17 bits per heavy atom. The molecule has 1 aromatic carbocycles. The fourth-order valence-electron chi connectivity index (χ4n) is 2.69. The Labute approximate surface area is 140 Å². The van der Waals surface area contributed by atoms with Gasteiger partial charge in [-0.15, -0.1) is 0 Å². The molecule has 0 aliphatic carbocycles. The van der Waals surface area contributed by atoms with Gasteiger partial charge in [-0.2, -0.15) is 0 Å². The molecule has 0 aromatic heterocycles. The predicted octanol–water partition coefficient (Wildman–Crippen LogP) is 5.17. The molecule has 3 heteroatoms. The van der Waals surface area contributed by atoms with Crippen LogP contribution in [0.5, 0.6) is 5.75 Å². The fraction of sp³-hybridized carbons (Fsp3) is 0.450. The molecular formula is C20H28O3. The van der Waals surface area contributed by atoms with E-state index in [0.29, 0.717) is 6.42 Å². The maximum Gasteiger partial charge on any atom is 0.330 e. The van der Waals surface area contributed by atoms with Crippen molar-refractivity contribution in [1.82, 2.24) is 0 Å². The van der Waals surface area contributed by atoms with E-state index in [4.69, 9.17) is 9.47 Å². The van der Waals surface area contributed by atoms with Gasteiger partial charge in [-0.1, -0.05) is 32.2 Å². The standard InChI is InChI=1S/C20H28O3/c1-8-15(3)16-10-12-17(13-11-16)22-19(4,5)14-20(6,7)23-18(21)9-2/h9-13H,2-3,8,14H2,1,4-7H3. The zero-order valence-electron chi connectivity index (χ0n) is 14.9. The van der Waals surface area contributed by atoms with E-state index in [2.05, 4.69) is 20.1 Å². The minimum absolute atomic E-state index is 0.423. The number of benzene rings is 1. The first kappa shape index (κ1) is 19.0. The summed E-state index contributed by atoms with van der Waals surface area (Å²) < 4.78 is 11.5. The van der Waals surface area contributed by atoms with Gasteiger partial charge in [-0.05, 0) is 57.4 Å². The second-order valence-corrected chi connectivity index (χ2v) is 6.90. The van der Waals surface area contributed by atoms with Crippen molar-refractivity contribution < 1.29 is 14.3 Å². The topological polar surface area (TPSA) is 35.5 Å². The van der Waals surface area contributed by atoms with Gasteiger partial charge in [-0.3, -0.25) is 0 Å². The van der Waals surface area contributed by atoms with Crippen LogP contribution in [0.25, 0.3) is 5.57 Å². The summed E-state index contributed by atoms with van der Waals surface area (Å²) in [4.78, 5) is 11.4. The van der Waals surface area contributed by atoms with Gasteiger partial charge in [0.15, 0.2) is 0 Å². The van der Waals surface area contributed by atoms with Gasteiger partial charge in [0.1, 0.15) is 17.0 Å². The normalized spacial score (nSPS) is 11.7. The Kier molecular flexibility index (Phi) is 6.20. The summed E-state index contributed by atoms with van der Waals surface area (Å²) in [5.41, 5.74) is 1.12. The molecule has 1 rings (SSSR count). The molecule has 0 bridgehead atoms. The van der Waals surface area contributed by atoms with Crippen LogP contribution in [0.15, 0.2) is 43.5 Å². The zero-order chi connectivity index (χ0) is 17.7. The first-order valence-electron chi connectivity index (χ1n) is 7.91. The van der Waals surface area contributed by atoms with Gasteiger partial charge < -0.3 is 9.47 Å². The fourth-order valence-corrected chi connectivity index (χ4v) is 2.69. The summed E-state index contributed by atoms with van der Waals surface area (Å²) in [6.45, 7) is 17.2. The van der Waals surface area contributed by atoms with Gasteiger partial charge in [0.25, 0.3) is 0 Å². The molecule has 0 aliphatic rings. The molecule has 0 atom stereocenters. The van der Waals surface area contributed by atoms with Gasteiger partial charge in [-0.25, -0.2) is 4.79 Å². The molecular weight excluding hydrogens is 288 g/mol. The largest absolute Gasteiger partial charge is 0.488 e. The van der Waals surface area contributed by atoms with E-state index < -0.39 is 17.2 Å². The van der Waals surface area contributed by atoms with Crippen LogP contribution in [0, 0.1) is 0 Å². The molecule has 0 fully saturated rings.